The number of nitrogens with two attached hydrogens (primary N) is 1. The molecule has 18 heavy (non-hydrogen) atoms. The number of thiophene rings is 1. The molecule has 0 unspecified atom stereocenters. The van der Waals surface area contributed by atoms with Gasteiger partial charge < -0.3 is 16.2 Å². The molecular formula is C12H18N4OS. The van der Waals surface area contributed by atoms with Gasteiger partial charge in [-0.15, -0.1) is 11.3 Å². The number of fused-ring (bicyclic) bond motifs is 1. The second kappa shape index (κ2) is 5.07. The van der Waals surface area contributed by atoms with Gasteiger partial charge in [-0.2, -0.15) is 4.98 Å². The second-order valence-electron chi connectivity index (χ2n) is 5.06. The minimum Gasteiger partial charge on any atom is -0.396 e. The fourth-order valence-electron chi connectivity index (χ4n) is 1.72. The maximum absolute atomic E-state index is 9.01. The third-order valence-corrected chi connectivity index (χ3v) is 3.67. The van der Waals surface area contributed by atoms with E-state index in [4.69, 9.17) is 10.8 Å². The van der Waals surface area contributed by atoms with Crippen molar-refractivity contribution in [3.63, 3.8) is 0 Å². The van der Waals surface area contributed by atoms with E-state index >= 15 is 0 Å². The standard InChI is InChI=1S/C12H18N4OS/c1-12(2,4-5-17)7-14-9-8-3-6-18-10(8)16-11(13)15-9/h3,6,17H,4-5,7H2,1-2H3,(H3,13,14,15,16). The van der Waals surface area contributed by atoms with Gasteiger partial charge in [-0.1, -0.05) is 13.8 Å². The van der Waals surface area contributed by atoms with Crippen LogP contribution in [0.15, 0.2) is 11.4 Å². The van der Waals surface area contributed by atoms with Crippen molar-refractivity contribution in [1.82, 2.24) is 9.97 Å². The SMILES string of the molecule is CC(C)(CCO)CNc1nc(N)nc2sccc12. The highest BCUT2D eigenvalue weighted by Gasteiger charge is 2.18. The van der Waals surface area contributed by atoms with E-state index in [2.05, 4.69) is 29.1 Å². The Hall–Kier alpha value is -1.40. The maximum atomic E-state index is 9.01. The number of aromatic nitrogens is 2. The lowest BCUT2D eigenvalue weighted by atomic mass is 9.90. The van der Waals surface area contributed by atoms with Gasteiger partial charge in [-0.25, -0.2) is 4.98 Å². The number of anilines is 2. The molecule has 2 heterocycles. The van der Waals surface area contributed by atoms with Crippen molar-refractivity contribution in [3.8, 4) is 0 Å². The van der Waals surface area contributed by atoms with Crippen LogP contribution in [0.25, 0.3) is 10.2 Å². The Kier molecular flexibility index (Phi) is 3.68. The van der Waals surface area contributed by atoms with Crippen LogP contribution in [0.3, 0.4) is 0 Å². The number of rotatable bonds is 5. The highest BCUT2D eigenvalue weighted by atomic mass is 32.1. The van der Waals surface area contributed by atoms with Crippen LogP contribution < -0.4 is 11.1 Å². The van der Waals surface area contributed by atoms with Crippen LogP contribution in [0, 0.1) is 5.41 Å². The highest BCUT2D eigenvalue weighted by Crippen LogP contribution is 2.27. The molecule has 0 aliphatic rings. The number of aliphatic hydroxyl groups excluding tert-OH is 1. The summed E-state index contributed by atoms with van der Waals surface area (Å²) < 4.78 is 0. The molecule has 0 amide bonds. The summed E-state index contributed by atoms with van der Waals surface area (Å²) in [5, 5.41) is 15.3. The number of nitrogens with one attached hydrogen (secondary N) is 1. The van der Waals surface area contributed by atoms with E-state index in [1.165, 1.54) is 0 Å². The van der Waals surface area contributed by atoms with Gasteiger partial charge in [-0.05, 0) is 23.3 Å². The Labute approximate surface area is 110 Å². The molecule has 6 heteroatoms. The lowest BCUT2D eigenvalue weighted by Crippen LogP contribution is -2.24. The van der Waals surface area contributed by atoms with E-state index < -0.39 is 0 Å². The zero-order valence-electron chi connectivity index (χ0n) is 10.6. The summed E-state index contributed by atoms with van der Waals surface area (Å²) in [5.41, 5.74) is 5.70. The van der Waals surface area contributed by atoms with E-state index in [-0.39, 0.29) is 18.0 Å². The minimum atomic E-state index is 0.0107. The first kappa shape index (κ1) is 13.0. The zero-order valence-corrected chi connectivity index (χ0v) is 11.4. The predicted octanol–water partition coefficient (Wildman–Crippen LogP) is 2.09. The summed E-state index contributed by atoms with van der Waals surface area (Å²) in [6.07, 6.45) is 0.743. The quantitative estimate of drug-likeness (QED) is 0.771. The van der Waals surface area contributed by atoms with Gasteiger partial charge in [0, 0.05) is 13.2 Å². The molecular weight excluding hydrogens is 248 g/mol. The lowest BCUT2D eigenvalue weighted by Gasteiger charge is -2.24. The van der Waals surface area contributed by atoms with E-state index in [1.807, 2.05) is 11.4 Å². The molecule has 0 fully saturated rings. The van der Waals surface area contributed by atoms with Crippen LogP contribution in [0.2, 0.25) is 0 Å². The first-order valence-corrected chi connectivity index (χ1v) is 6.75. The number of hydrogen-bond donors (Lipinski definition) is 3. The van der Waals surface area contributed by atoms with Gasteiger partial charge in [-0.3, -0.25) is 0 Å². The molecule has 4 N–H and O–H groups in total. The average Bonchev–Trinajstić information content (AvgIpc) is 2.73. The normalized spacial score (nSPS) is 11.9. The van der Waals surface area contributed by atoms with E-state index in [0.717, 1.165) is 29.0 Å². The minimum absolute atomic E-state index is 0.0107. The van der Waals surface area contributed by atoms with Crippen molar-refractivity contribution in [2.75, 3.05) is 24.2 Å². The van der Waals surface area contributed by atoms with Gasteiger partial charge in [0.1, 0.15) is 10.6 Å². The average molecular weight is 266 g/mol. The smallest absolute Gasteiger partial charge is 0.223 e. The van der Waals surface area contributed by atoms with Gasteiger partial charge in [0.15, 0.2) is 0 Å². The van der Waals surface area contributed by atoms with Gasteiger partial charge in [0.25, 0.3) is 0 Å². The highest BCUT2D eigenvalue weighted by molar-refractivity contribution is 7.16. The third-order valence-electron chi connectivity index (χ3n) is 2.87. The van der Waals surface area contributed by atoms with Crippen LogP contribution in [-0.2, 0) is 0 Å². The van der Waals surface area contributed by atoms with Crippen molar-refractivity contribution in [3.05, 3.63) is 11.4 Å². The van der Waals surface area contributed by atoms with E-state index in [1.54, 1.807) is 11.3 Å². The molecule has 0 atom stereocenters. The third kappa shape index (κ3) is 2.88. The molecule has 0 saturated heterocycles. The maximum Gasteiger partial charge on any atom is 0.223 e. The lowest BCUT2D eigenvalue weighted by molar-refractivity contribution is 0.220. The molecule has 0 saturated carbocycles. The summed E-state index contributed by atoms with van der Waals surface area (Å²) in [7, 11) is 0. The first-order chi connectivity index (χ1) is 8.52. The van der Waals surface area contributed by atoms with Crippen molar-refractivity contribution in [2.24, 2.45) is 5.41 Å². The molecule has 2 aromatic heterocycles. The number of hydrogen-bond acceptors (Lipinski definition) is 6. The molecule has 0 spiro atoms. The van der Waals surface area contributed by atoms with Crippen LogP contribution in [0.1, 0.15) is 20.3 Å². The number of nitrogens with zero attached hydrogens (tertiary/aromatic N) is 2. The van der Waals surface area contributed by atoms with Crippen molar-refractivity contribution in [2.45, 2.75) is 20.3 Å². The van der Waals surface area contributed by atoms with E-state index in [0.29, 0.717) is 0 Å². The van der Waals surface area contributed by atoms with Crippen molar-refractivity contribution < 1.29 is 5.11 Å². The largest absolute Gasteiger partial charge is 0.396 e. The Bertz CT molecular complexity index is 538. The van der Waals surface area contributed by atoms with Crippen molar-refractivity contribution in [1.29, 1.82) is 0 Å². The van der Waals surface area contributed by atoms with Gasteiger partial charge in [0.05, 0.1) is 5.39 Å². The molecule has 2 aromatic rings. The van der Waals surface area contributed by atoms with E-state index in [9.17, 15) is 0 Å². The molecule has 0 aliphatic heterocycles. The Balaban J connectivity index is 2.19. The number of aliphatic hydroxyl groups is 1. The summed E-state index contributed by atoms with van der Waals surface area (Å²) in [4.78, 5) is 9.31. The molecule has 0 aromatic carbocycles. The Morgan fingerprint density at radius 2 is 2.22 bits per heavy atom. The summed E-state index contributed by atoms with van der Waals surface area (Å²) in [5.74, 6) is 1.05. The summed E-state index contributed by atoms with van der Waals surface area (Å²) in [6, 6.07) is 1.99. The van der Waals surface area contributed by atoms with Crippen LogP contribution in [0.4, 0.5) is 11.8 Å². The zero-order chi connectivity index (χ0) is 13.2. The fourth-order valence-corrected chi connectivity index (χ4v) is 2.49. The molecule has 0 aliphatic carbocycles. The molecule has 0 radical (unpaired) electrons. The van der Waals surface area contributed by atoms with Crippen LogP contribution in [-0.4, -0.2) is 28.2 Å². The van der Waals surface area contributed by atoms with Crippen molar-refractivity contribution >= 4 is 33.3 Å². The van der Waals surface area contributed by atoms with Crippen LogP contribution >= 0.6 is 11.3 Å². The molecule has 5 nitrogen and oxygen atoms in total. The fraction of sp³-hybridized carbons (Fsp3) is 0.500. The van der Waals surface area contributed by atoms with Crippen LogP contribution in [0.5, 0.6) is 0 Å². The summed E-state index contributed by atoms with van der Waals surface area (Å²) in [6.45, 7) is 5.13. The van der Waals surface area contributed by atoms with Gasteiger partial charge >= 0.3 is 0 Å². The Morgan fingerprint density at radius 1 is 1.44 bits per heavy atom. The molecule has 98 valence electrons. The predicted molar refractivity (Wildman–Crippen MR) is 75.8 cm³/mol. The topological polar surface area (TPSA) is 84.1 Å². The van der Waals surface area contributed by atoms with Gasteiger partial charge in [0.2, 0.25) is 5.95 Å². The number of nitrogen functional groups attached to an aromatic ring is 1. The second-order valence-corrected chi connectivity index (χ2v) is 5.96. The summed E-state index contributed by atoms with van der Waals surface area (Å²) >= 11 is 1.55. The molecule has 0 bridgehead atoms. The molecule has 2 rings (SSSR count). The first-order valence-electron chi connectivity index (χ1n) is 5.87. The Morgan fingerprint density at radius 3 is 2.94 bits per heavy atom. The monoisotopic (exact) mass is 266 g/mol.